The summed E-state index contributed by atoms with van der Waals surface area (Å²) in [7, 11) is 0. The number of nitrogens with one attached hydrogen (secondary N) is 1. The highest BCUT2D eigenvalue weighted by atomic mass is 16.2. The average Bonchev–Trinajstić information content (AvgIpc) is 2.72. The van der Waals surface area contributed by atoms with Gasteiger partial charge >= 0.3 is 0 Å². The second-order valence-electron chi connectivity index (χ2n) is 7.13. The van der Waals surface area contributed by atoms with Crippen molar-refractivity contribution in [1.82, 2.24) is 10.2 Å². The van der Waals surface area contributed by atoms with E-state index in [2.05, 4.69) is 43.1 Å². The Morgan fingerprint density at radius 3 is 2.48 bits per heavy atom. The molecule has 1 heterocycles. The Morgan fingerprint density at radius 1 is 1.24 bits per heavy atom. The molecule has 0 aromatic heterocycles. The highest BCUT2D eigenvalue weighted by Gasteiger charge is 2.46. The van der Waals surface area contributed by atoms with Crippen LogP contribution in [0.1, 0.15) is 51.6 Å². The van der Waals surface area contributed by atoms with Gasteiger partial charge in [-0.1, -0.05) is 51.1 Å². The first-order chi connectivity index (χ1) is 10.1. The van der Waals surface area contributed by atoms with Crippen molar-refractivity contribution in [2.75, 3.05) is 0 Å². The van der Waals surface area contributed by atoms with E-state index in [1.807, 2.05) is 18.2 Å². The first kappa shape index (κ1) is 14.6. The summed E-state index contributed by atoms with van der Waals surface area (Å²) < 4.78 is 0. The molecule has 2 unspecified atom stereocenters. The maximum absolute atomic E-state index is 12.9. The van der Waals surface area contributed by atoms with Crippen molar-refractivity contribution in [3.8, 4) is 0 Å². The number of carbonyl (C=O) groups is 1. The van der Waals surface area contributed by atoms with E-state index in [1.165, 1.54) is 0 Å². The number of hydrogen-bond acceptors (Lipinski definition) is 2. The molecule has 3 rings (SSSR count). The SMILES string of the molecule is CC(C)CC1NC(c2ccccc2)C(=O)N1C1CC(C)C1. The van der Waals surface area contributed by atoms with Crippen molar-refractivity contribution in [1.29, 1.82) is 0 Å². The van der Waals surface area contributed by atoms with Gasteiger partial charge in [-0.3, -0.25) is 10.1 Å². The molecule has 1 amide bonds. The molecule has 1 saturated heterocycles. The first-order valence-electron chi connectivity index (χ1n) is 8.19. The number of benzene rings is 1. The molecule has 0 bridgehead atoms. The molecule has 2 fully saturated rings. The van der Waals surface area contributed by atoms with Crippen LogP contribution in [-0.4, -0.2) is 23.0 Å². The van der Waals surface area contributed by atoms with E-state index >= 15 is 0 Å². The fourth-order valence-corrected chi connectivity index (χ4v) is 3.68. The van der Waals surface area contributed by atoms with Gasteiger partial charge in [0.1, 0.15) is 6.04 Å². The summed E-state index contributed by atoms with van der Waals surface area (Å²) in [6.07, 6.45) is 3.53. The molecular weight excluding hydrogens is 260 g/mol. The van der Waals surface area contributed by atoms with Crippen LogP contribution >= 0.6 is 0 Å². The van der Waals surface area contributed by atoms with Crippen molar-refractivity contribution in [3.63, 3.8) is 0 Å². The van der Waals surface area contributed by atoms with Gasteiger partial charge in [0.15, 0.2) is 0 Å². The smallest absolute Gasteiger partial charge is 0.245 e. The second kappa shape index (κ2) is 5.80. The van der Waals surface area contributed by atoms with Crippen LogP contribution in [0.15, 0.2) is 30.3 Å². The highest BCUT2D eigenvalue weighted by molar-refractivity contribution is 5.86. The van der Waals surface area contributed by atoms with Crippen LogP contribution in [0.3, 0.4) is 0 Å². The van der Waals surface area contributed by atoms with Crippen LogP contribution in [0.25, 0.3) is 0 Å². The zero-order chi connectivity index (χ0) is 15.0. The molecule has 0 radical (unpaired) electrons. The third-order valence-electron chi connectivity index (χ3n) is 4.77. The van der Waals surface area contributed by atoms with Gasteiger partial charge in [-0.2, -0.15) is 0 Å². The molecule has 1 saturated carbocycles. The van der Waals surface area contributed by atoms with Crippen molar-refractivity contribution in [3.05, 3.63) is 35.9 Å². The second-order valence-corrected chi connectivity index (χ2v) is 7.13. The third-order valence-corrected chi connectivity index (χ3v) is 4.77. The van der Waals surface area contributed by atoms with E-state index in [4.69, 9.17) is 0 Å². The molecule has 1 aliphatic carbocycles. The quantitative estimate of drug-likeness (QED) is 0.921. The predicted molar refractivity (Wildman–Crippen MR) is 84.6 cm³/mol. The Kier molecular flexibility index (Phi) is 4.03. The van der Waals surface area contributed by atoms with Crippen LogP contribution in [0.5, 0.6) is 0 Å². The maximum atomic E-state index is 12.9. The molecule has 0 spiro atoms. The van der Waals surface area contributed by atoms with Gasteiger partial charge in [-0.05, 0) is 36.7 Å². The van der Waals surface area contributed by atoms with E-state index in [0.29, 0.717) is 12.0 Å². The van der Waals surface area contributed by atoms with E-state index in [9.17, 15) is 4.79 Å². The molecule has 3 heteroatoms. The Hall–Kier alpha value is -1.35. The number of nitrogens with zero attached hydrogens (tertiary/aromatic N) is 1. The summed E-state index contributed by atoms with van der Waals surface area (Å²) in [6, 6.07) is 10.4. The summed E-state index contributed by atoms with van der Waals surface area (Å²) in [6.45, 7) is 6.73. The summed E-state index contributed by atoms with van der Waals surface area (Å²) in [5.74, 6) is 1.62. The standard InChI is InChI=1S/C18H26N2O/c1-12(2)9-16-19-17(14-7-5-4-6-8-14)18(21)20(16)15-10-13(3)11-15/h4-8,12-13,15-17,19H,9-11H2,1-3H3. The molecule has 1 aromatic carbocycles. The van der Waals surface area contributed by atoms with Gasteiger partial charge in [0.05, 0.1) is 6.17 Å². The van der Waals surface area contributed by atoms with Gasteiger partial charge in [0.25, 0.3) is 0 Å². The fourth-order valence-electron chi connectivity index (χ4n) is 3.68. The summed E-state index contributed by atoms with van der Waals surface area (Å²) in [5.41, 5.74) is 1.09. The topological polar surface area (TPSA) is 32.3 Å². The molecule has 1 N–H and O–H groups in total. The van der Waals surface area contributed by atoms with E-state index in [-0.39, 0.29) is 18.1 Å². The molecule has 2 atom stereocenters. The minimum atomic E-state index is -0.161. The van der Waals surface area contributed by atoms with Crippen molar-refractivity contribution in [2.45, 2.75) is 58.3 Å². The highest BCUT2D eigenvalue weighted by Crippen LogP contribution is 2.38. The van der Waals surface area contributed by atoms with Crippen LogP contribution in [0.4, 0.5) is 0 Å². The maximum Gasteiger partial charge on any atom is 0.245 e. The van der Waals surface area contributed by atoms with Crippen molar-refractivity contribution < 1.29 is 4.79 Å². The Bertz CT molecular complexity index is 493. The van der Waals surface area contributed by atoms with Gasteiger partial charge in [0.2, 0.25) is 5.91 Å². The molecule has 3 nitrogen and oxygen atoms in total. The Labute approximate surface area is 127 Å². The Balaban J connectivity index is 1.81. The van der Waals surface area contributed by atoms with Gasteiger partial charge in [0, 0.05) is 6.04 Å². The zero-order valence-corrected chi connectivity index (χ0v) is 13.3. The molecule has 1 aliphatic heterocycles. The van der Waals surface area contributed by atoms with E-state index < -0.39 is 0 Å². The molecule has 21 heavy (non-hydrogen) atoms. The number of rotatable bonds is 4. The minimum Gasteiger partial charge on any atom is -0.322 e. The van der Waals surface area contributed by atoms with Crippen molar-refractivity contribution in [2.24, 2.45) is 11.8 Å². The third kappa shape index (κ3) is 2.84. The number of carbonyl (C=O) groups excluding carboxylic acids is 1. The van der Waals surface area contributed by atoms with Crippen LogP contribution in [0, 0.1) is 11.8 Å². The lowest BCUT2D eigenvalue weighted by atomic mass is 9.80. The van der Waals surface area contributed by atoms with Gasteiger partial charge < -0.3 is 4.90 Å². The summed E-state index contributed by atoms with van der Waals surface area (Å²) >= 11 is 0. The monoisotopic (exact) mass is 286 g/mol. The largest absolute Gasteiger partial charge is 0.322 e. The van der Waals surface area contributed by atoms with Crippen LogP contribution in [0.2, 0.25) is 0 Å². The van der Waals surface area contributed by atoms with Gasteiger partial charge in [-0.25, -0.2) is 0 Å². The lowest BCUT2D eigenvalue weighted by molar-refractivity contribution is -0.135. The van der Waals surface area contributed by atoms with Crippen LogP contribution in [-0.2, 0) is 4.79 Å². The first-order valence-corrected chi connectivity index (χ1v) is 8.19. The van der Waals surface area contributed by atoms with E-state index in [0.717, 1.165) is 30.7 Å². The zero-order valence-electron chi connectivity index (χ0n) is 13.3. The van der Waals surface area contributed by atoms with Gasteiger partial charge in [-0.15, -0.1) is 0 Å². The normalized spacial score (nSPS) is 32.6. The lowest BCUT2D eigenvalue weighted by Crippen LogP contribution is -2.50. The molecule has 114 valence electrons. The minimum absolute atomic E-state index is 0.161. The van der Waals surface area contributed by atoms with E-state index in [1.54, 1.807) is 0 Å². The number of amides is 1. The molecular formula is C18H26N2O. The average molecular weight is 286 g/mol. The molecule has 2 aliphatic rings. The lowest BCUT2D eigenvalue weighted by Gasteiger charge is -2.42. The van der Waals surface area contributed by atoms with Crippen molar-refractivity contribution >= 4 is 5.91 Å². The van der Waals surface area contributed by atoms with Crippen LogP contribution < -0.4 is 5.32 Å². The molecule has 1 aromatic rings. The number of hydrogen-bond donors (Lipinski definition) is 1. The summed E-state index contributed by atoms with van der Waals surface area (Å²) in [5, 5.41) is 3.58. The summed E-state index contributed by atoms with van der Waals surface area (Å²) in [4.78, 5) is 15.1. The fraction of sp³-hybridized carbons (Fsp3) is 0.611. The predicted octanol–water partition coefficient (Wildman–Crippen LogP) is 3.33. The Morgan fingerprint density at radius 2 is 1.90 bits per heavy atom.